The average molecular weight is 434 g/mol. The third kappa shape index (κ3) is 4.44. The highest BCUT2D eigenvalue weighted by Crippen LogP contribution is 2.27. The van der Waals surface area contributed by atoms with Crippen LogP contribution in [0.25, 0.3) is 16.9 Å². The summed E-state index contributed by atoms with van der Waals surface area (Å²) in [4.78, 5) is 19.1. The Balaban J connectivity index is 1.37. The highest BCUT2D eigenvalue weighted by molar-refractivity contribution is 5.88. The third-order valence-electron chi connectivity index (χ3n) is 5.77. The molecular formula is C23H27N7O2. The van der Waals surface area contributed by atoms with Gasteiger partial charge in [0, 0.05) is 60.4 Å². The minimum Gasteiger partial charge on any atom is -0.476 e. The number of H-pyrrole nitrogens is 1. The Labute approximate surface area is 186 Å². The van der Waals surface area contributed by atoms with Gasteiger partial charge in [0.05, 0.1) is 13.2 Å². The van der Waals surface area contributed by atoms with Crippen molar-refractivity contribution >= 4 is 22.4 Å². The fourth-order valence-corrected chi connectivity index (χ4v) is 3.83. The van der Waals surface area contributed by atoms with E-state index in [0.717, 1.165) is 44.1 Å². The maximum absolute atomic E-state index is 6.01. The smallest absolute Gasteiger partial charge is 0.240 e. The number of benzene rings is 1. The van der Waals surface area contributed by atoms with Crippen LogP contribution >= 0.6 is 0 Å². The number of fused-ring (bicyclic) bond motifs is 1. The second-order valence-corrected chi connectivity index (χ2v) is 7.92. The van der Waals surface area contributed by atoms with Crippen molar-refractivity contribution < 1.29 is 9.47 Å². The second kappa shape index (κ2) is 8.97. The summed E-state index contributed by atoms with van der Waals surface area (Å²) in [6, 6.07) is 8.08. The maximum Gasteiger partial charge on any atom is 0.240 e. The quantitative estimate of drug-likeness (QED) is 0.462. The van der Waals surface area contributed by atoms with Gasteiger partial charge in [-0.2, -0.15) is 9.97 Å². The number of nitrogens with zero attached hydrogens (tertiary/aromatic N) is 5. The van der Waals surface area contributed by atoms with E-state index in [4.69, 9.17) is 9.47 Å². The van der Waals surface area contributed by atoms with Crippen LogP contribution in [0.5, 0.6) is 5.88 Å². The molecule has 4 heterocycles. The van der Waals surface area contributed by atoms with Gasteiger partial charge in [0.1, 0.15) is 18.8 Å². The zero-order chi connectivity index (χ0) is 21.9. The Bertz CT molecular complexity index is 1200. The predicted molar refractivity (Wildman–Crippen MR) is 123 cm³/mol. The van der Waals surface area contributed by atoms with E-state index < -0.39 is 0 Å². The lowest BCUT2D eigenvalue weighted by Gasteiger charge is -2.26. The minimum absolute atomic E-state index is 0.503. The van der Waals surface area contributed by atoms with Crippen molar-refractivity contribution in [2.24, 2.45) is 0 Å². The van der Waals surface area contributed by atoms with E-state index in [-0.39, 0.29) is 0 Å². The fraction of sp³-hybridized carbons (Fsp3) is 0.348. The number of hydrogen-bond acceptors (Lipinski definition) is 7. The zero-order valence-electron chi connectivity index (χ0n) is 18.3. The van der Waals surface area contributed by atoms with Crippen molar-refractivity contribution in [1.82, 2.24) is 29.4 Å². The van der Waals surface area contributed by atoms with E-state index in [9.17, 15) is 0 Å². The van der Waals surface area contributed by atoms with Crippen LogP contribution in [0.3, 0.4) is 0 Å². The van der Waals surface area contributed by atoms with E-state index in [0.29, 0.717) is 24.3 Å². The number of nitrogens with one attached hydrogen (secondary N) is 2. The molecule has 5 rings (SSSR count). The first-order valence-corrected chi connectivity index (χ1v) is 10.8. The molecule has 166 valence electrons. The molecular weight excluding hydrogens is 406 g/mol. The van der Waals surface area contributed by atoms with Crippen LogP contribution in [0.15, 0.2) is 43.0 Å². The Morgan fingerprint density at radius 3 is 2.84 bits per heavy atom. The molecule has 9 nitrogen and oxygen atoms in total. The largest absolute Gasteiger partial charge is 0.476 e. The van der Waals surface area contributed by atoms with Crippen molar-refractivity contribution in [3.63, 3.8) is 0 Å². The first kappa shape index (κ1) is 20.5. The van der Waals surface area contributed by atoms with Crippen LogP contribution in [0, 0.1) is 13.8 Å². The SMILES string of the molecule is Cc1[nH]c2ccc(Nc3cc(OCCN4CCOCC4)nc(-n4ccnc4)n3)cc2c1C. The summed E-state index contributed by atoms with van der Waals surface area (Å²) in [7, 11) is 0. The molecule has 0 radical (unpaired) electrons. The standard InChI is InChI=1S/C23H27N7O2/c1-16-17(2)25-20-4-3-18(13-19(16)20)26-21-14-22(28-23(27-21)30-6-5-24-15-30)32-12-9-29-7-10-31-11-8-29/h3-6,13-15,25H,7-12H2,1-2H3,(H,26,27,28). The Kier molecular flexibility index (Phi) is 5.74. The highest BCUT2D eigenvalue weighted by atomic mass is 16.5. The van der Waals surface area contributed by atoms with E-state index in [1.54, 1.807) is 17.1 Å². The molecule has 1 fully saturated rings. The van der Waals surface area contributed by atoms with E-state index in [1.165, 1.54) is 16.6 Å². The van der Waals surface area contributed by atoms with Crippen molar-refractivity contribution in [2.45, 2.75) is 13.8 Å². The number of ether oxygens (including phenoxy) is 2. The molecule has 1 saturated heterocycles. The normalized spacial score (nSPS) is 14.7. The van der Waals surface area contributed by atoms with Crippen LogP contribution in [0.4, 0.5) is 11.5 Å². The van der Waals surface area contributed by atoms with Gasteiger partial charge in [-0.25, -0.2) is 4.98 Å². The van der Waals surface area contributed by atoms with Gasteiger partial charge >= 0.3 is 0 Å². The number of aromatic nitrogens is 5. The van der Waals surface area contributed by atoms with Crippen molar-refractivity contribution in [3.05, 3.63) is 54.2 Å². The van der Waals surface area contributed by atoms with Crippen LogP contribution in [-0.4, -0.2) is 68.9 Å². The lowest BCUT2D eigenvalue weighted by molar-refractivity contribution is 0.0320. The Morgan fingerprint density at radius 2 is 2.03 bits per heavy atom. The summed E-state index contributed by atoms with van der Waals surface area (Å²) in [6.45, 7) is 9.01. The lowest BCUT2D eigenvalue weighted by Crippen LogP contribution is -2.38. The molecule has 4 aromatic rings. The van der Waals surface area contributed by atoms with Crippen molar-refractivity contribution in [2.75, 3.05) is 44.8 Å². The molecule has 1 aliphatic heterocycles. The van der Waals surface area contributed by atoms with Crippen LogP contribution in [0.1, 0.15) is 11.3 Å². The summed E-state index contributed by atoms with van der Waals surface area (Å²) in [5.41, 5.74) is 4.50. The molecule has 0 atom stereocenters. The van der Waals surface area contributed by atoms with E-state index in [1.807, 2.05) is 18.3 Å². The second-order valence-electron chi connectivity index (χ2n) is 7.92. The molecule has 2 N–H and O–H groups in total. The molecule has 0 bridgehead atoms. The molecule has 0 spiro atoms. The first-order valence-electron chi connectivity index (χ1n) is 10.8. The van der Waals surface area contributed by atoms with Gasteiger partial charge in [0.15, 0.2) is 0 Å². The molecule has 1 aromatic carbocycles. The van der Waals surface area contributed by atoms with Gasteiger partial charge < -0.3 is 19.8 Å². The van der Waals surface area contributed by atoms with Gasteiger partial charge in [-0.15, -0.1) is 0 Å². The maximum atomic E-state index is 6.01. The highest BCUT2D eigenvalue weighted by Gasteiger charge is 2.12. The fourth-order valence-electron chi connectivity index (χ4n) is 3.83. The number of hydrogen-bond donors (Lipinski definition) is 2. The number of aryl methyl sites for hydroxylation is 2. The topological polar surface area (TPSA) is 93.1 Å². The lowest BCUT2D eigenvalue weighted by atomic mass is 10.1. The number of anilines is 2. The average Bonchev–Trinajstić information content (AvgIpc) is 3.44. The number of aromatic amines is 1. The molecule has 0 aliphatic carbocycles. The van der Waals surface area contributed by atoms with Gasteiger partial charge in [0.25, 0.3) is 0 Å². The molecule has 9 heteroatoms. The van der Waals surface area contributed by atoms with Crippen molar-refractivity contribution in [1.29, 1.82) is 0 Å². The third-order valence-corrected chi connectivity index (χ3v) is 5.77. The van der Waals surface area contributed by atoms with Gasteiger partial charge in [-0.1, -0.05) is 0 Å². The molecule has 1 aliphatic rings. The summed E-state index contributed by atoms with van der Waals surface area (Å²) in [5, 5.41) is 4.60. The summed E-state index contributed by atoms with van der Waals surface area (Å²) >= 11 is 0. The zero-order valence-corrected chi connectivity index (χ0v) is 18.3. The molecule has 0 unspecified atom stereocenters. The molecule has 0 amide bonds. The summed E-state index contributed by atoms with van der Waals surface area (Å²) < 4.78 is 13.2. The molecule has 3 aromatic heterocycles. The molecule has 32 heavy (non-hydrogen) atoms. The minimum atomic E-state index is 0.503. The van der Waals surface area contributed by atoms with Gasteiger partial charge in [0.2, 0.25) is 11.8 Å². The number of morpholine rings is 1. The molecule has 0 saturated carbocycles. The monoisotopic (exact) mass is 433 g/mol. The summed E-state index contributed by atoms with van der Waals surface area (Å²) in [6.07, 6.45) is 5.19. The van der Waals surface area contributed by atoms with Crippen LogP contribution < -0.4 is 10.1 Å². The van der Waals surface area contributed by atoms with Crippen LogP contribution in [-0.2, 0) is 4.74 Å². The number of rotatable bonds is 7. The van der Waals surface area contributed by atoms with E-state index >= 15 is 0 Å². The van der Waals surface area contributed by atoms with Gasteiger partial charge in [-0.05, 0) is 37.6 Å². The van der Waals surface area contributed by atoms with E-state index in [2.05, 4.69) is 56.1 Å². The van der Waals surface area contributed by atoms with Gasteiger partial charge in [-0.3, -0.25) is 9.47 Å². The summed E-state index contributed by atoms with van der Waals surface area (Å²) in [5.74, 6) is 1.69. The Morgan fingerprint density at radius 1 is 1.16 bits per heavy atom. The number of imidazole rings is 1. The first-order chi connectivity index (χ1) is 15.7. The predicted octanol–water partition coefficient (Wildman–Crippen LogP) is 3.22. The Hall–Kier alpha value is -3.43. The van der Waals surface area contributed by atoms with Crippen molar-refractivity contribution in [3.8, 4) is 11.8 Å². The van der Waals surface area contributed by atoms with Crippen LogP contribution in [0.2, 0.25) is 0 Å².